The van der Waals surface area contributed by atoms with Crippen molar-refractivity contribution in [3.05, 3.63) is 0 Å². The van der Waals surface area contributed by atoms with Crippen LogP contribution in [0, 0.1) is 5.92 Å². The SMILES string of the molecule is CC(=O)NCCC(=O)N1CCC(C)C(O)C1. The molecule has 0 radical (unpaired) electrons. The molecule has 0 aromatic carbocycles. The quantitative estimate of drug-likeness (QED) is 0.699. The Morgan fingerprint density at radius 3 is 2.75 bits per heavy atom. The van der Waals surface area contributed by atoms with Crippen LogP contribution in [0.15, 0.2) is 0 Å². The minimum atomic E-state index is -0.418. The average Bonchev–Trinajstić information content (AvgIpc) is 2.21. The molecule has 1 aliphatic heterocycles. The van der Waals surface area contributed by atoms with E-state index in [9.17, 15) is 14.7 Å². The van der Waals surface area contributed by atoms with Crippen molar-refractivity contribution in [2.75, 3.05) is 19.6 Å². The van der Waals surface area contributed by atoms with Crippen LogP contribution >= 0.6 is 0 Å². The molecule has 1 aliphatic rings. The van der Waals surface area contributed by atoms with Crippen molar-refractivity contribution in [3.8, 4) is 0 Å². The van der Waals surface area contributed by atoms with Crippen LogP contribution in [0.3, 0.4) is 0 Å². The van der Waals surface area contributed by atoms with Gasteiger partial charge in [0.1, 0.15) is 0 Å². The maximum atomic E-state index is 11.7. The molecule has 0 bridgehead atoms. The van der Waals surface area contributed by atoms with Gasteiger partial charge in [-0.2, -0.15) is 0 Å². The maximum Gasteiger partial charge on any atom is 0.224 e. The Balaban J connectivity index is 2.29. The van der Waals surface area contributed by atoms with Crippen LogP contribution in [0.25, 0.3) is 0 Å². The summed E-state index contributed by atoms with van der Waals surface area (Å²) in [5.41, 5.74) is 0. The molecule has 0 aromatic rings. The molecule has 2 atom stereocenters. The zero-order valence-corrected chi connectivity index (χ0v) is 9.90. The Kier molecular flexibility index (Phi) is 4.73. The fraction of sp³-hybridized carbons (Fsp3) is 0.818. The van der Waals surface area contributed by atoms with Gasteiger partial charge in [-0.15, -0.1) is 0 Å². The van der Waals surface area contributed by atoms with E-state index in [1.165, 1.54) is 6.92 Å². The molecule has 1 fully saturated rings. The van der Waals surface area contributed by atoms with Gasteiger partial charge in [0.2, 0.25) is 11.8 Å². The van der Waals surface area contributed by atoms with Crippen LogP contribution in [0.2, 0.25) is 0 Å². The molecule has 5 nitrogen and oxygen atoms in total. The van der Waals surface area contributed by atoms with E-state index in [1.807, 2.05) is 6.92 Å². The van der Waals surface area contributed by atoms with E-state index in [4.69, 9.17) is 0 Å². The van der Waals surface area contributed by atoms with E-state index < -0.39 is 6.10 Å². The number of aliphatic hydroxyl groups is 1. The fourth-order valence-electron chi connectivity index (χ4n) is 1.78. The highest BCUT2D eigenvalue weighted by Gasteiger charge is 2.26. The first-order chi connectivity index (χ1) is 7.50. The number of carbonyl (C=O) groups is 2. The lowest BCUT2D eigenvalue weighted by atomic mass is 9.96. The standard InChI is InChI=1S/C11H20N2O3/c1-8-4-6-13(7-10(8)15)11(16)3-5-12-9(2)14/h8,10,15H,3-7H2,1-2H3,(H,12,14). The summed E-state index contributed by atoms with van der Waals surface area (Å²) in [5, 5.41) is 12.2. The summed E-state index contributed by atoms with van der Waals surface area (Å²) >= 11 is 0. The highest BCUT2D eigenvalue weighted by molar-refractivity contribution is 5.78. The first kappa shape index (κ1) is 13.0. The van der Waals surface area contributed by atoms with Crippen LogP contribution in [-0.2, 0) is 9.59 Å². The summed E-state index contributed by atoms with van der Waals surface area (Å²) in [6.45, 7) is 4.91. The minimum Gasteiger partial charge on any atom is -0.391 e. The molecule has 1 heterocycles. The Morgan fingerprint density at radius 2 is 2.19 bits per heavy atom. The number of carbonyl (C=O) groups excluding carboxylic acids is 2. The van der Waals surface area contributed by atoms with Gasteiger partial charge < -0.3 is 15.3 Å². The summed E-state index contributed by atoms with van der Waals surface area (Å²) in [6, 6.07) is 0. The topological polar surface area (TPSA) is 69.6 Å². The monoisotopic (exact) mass is 228 g/mol. The minimum absolute atomic E-state index is 0.000278. The first-order valence-electron chi connectivity index (χ1n) is 5.71. The molecule has 5 heteroatoms. The van der Waals surface area contributed by atoms with Crippen molar-refractivity contribution in [2.24, 2.45) is 5.92 Å². The molecule has 2 amide bonds. The third kappa shape index (κ3) is 3.81. The van der Waals surface area contributed by atoms with E-state index in [2.05, 4.69) is 5.32 Å². The van der Waals surface area contributed by atoms with Gasteiger partial charge in [-0.05, 0) is 12.3 Å². The number of nitrogens with one attached hydrogen (secondary N) is 1. The van der Waals surface area contributed by atoms with Gasteiger partial charge >= 0.3 is 0 Å². The van der Waals surface area contributed by atoms with Gasteiger partial charge in [0.25, 0.3) is 0 Å². The number of β-amino-alcohol motifs (C(OH)–C–C–N with tert-alkyl or cyclic N) is 1. The molecule has 0 aliphatic carbocycles. The molecule has 2 unspecified atom stereocenters. The van der Waals surface area contributed by atoms with Crippen molar-refractivity contribution in [1.82, 2.24) is 10.2 Å². The molecule has 16 heavy (non-hydrogen) atoms. The molecule has 92 valence electrons. The van der Waals surface area contributed by atoms with Crippen LogP contribution in [-0.4, -0.2) is 47.6 Å². The smallest absolute Gasteiger partial charge is 0.224 e. The van der Waals surface area contributed by atoms with Gasteiger partial charge in [-0.3, -0.25) is 9.59 Å². The van der Waals surface area contributed by atoms with Crippen molar-refractivity contribution in [3.63, 3.8) is 0 Å². The lowest BCUT2D eigenvalue weighted by Crippen LogP contribution is -2.46. The molecule has 1 rings (SSSR count). The second-order valence-corrected chi connectivity index (χ2v) is 4.41. The number of amides is 2. The number of piperidine rings is 1. The van der Waals surface area contributed by atoms with E-state index in [0.717, 1.165) is 6.42 Å². The van der Waals surface area contributed by atoms with Crippen LogP contribution in [0.4, 0.5) is 0 Å². The molecule has 0 aromatic heterocycles. The van der Waals surface area contributed by atoms with E-state index >= 15 is 0 Å². The maximum absolute atomic E-state index is 11.7. The first-order valence-corrected chi connectivity index (χ1v) is 5.71. The third-order valence-electron chi connectivity index (χ3n) is 2.98. The number of hydrogen-bond acceptors (Lipinski definition) is 3. The number of rotatable bonds is 3. The van der Waals surface area contributed by atoms with Gasteiger partial charge in [-0.1, -0.05) is 6.92 Å². The molecule has 0 spiro atoms. The van der Waals surface area contributed by atoms with Gasteiger partial charge in [0, 0.05) is 33.0 Å². The van der Waals surface area contributed by atoms with Gasteiger partial charge in [0.15, 0.2) is 0 Å². The van der Waals surface area contributed by atoms with Gasteiger partial charge in [-0.25, -0.2) is 0 Å². The van der Waals surface area contributed by atoms with Crippen LogP contribution < -0.4 is 5.32 Å². The molecule has 0 saturated carbocycles. The highest BCUT2D eigenvalue weighted by Crippen LogP contribution is 2.17. The van der Waals surface area contributed by atoms with Crippen molar-refractivity contribution in [1.29, 1.82) is 0 Å². The normalized spacial score (nSPS) is 25.3. The molecular weight excluding hydrogens is 208 g/mol. The number of likely N-dealkylation sites (tertiary alicyclic amines) is 1. The zero-order valence-electron chi connectivity index (χ0n) is 9.90. The summed E-state index contributed by atoms with van der Waals surface area (Å²) in [4.78, 5) is 24.0. The predicted molar refractivity (Wildman–Crippen MR) is 59.7 cm³/mol. The molecule has 1 saturated heterocycles. The van der Waals surface area contributed by atoms with Crippen LogP contribution in [0.5, 0.6) is 0 Å². The van der Waals surface area contributed by atoms with E-state index in [1.54, 1.807) is 4.90 Å². The summed E-state index contributed by atoms with van der Waals surface area (Å²) < 4.78 is 0. The molecule has 2 N–H and O–H groups in total. The Labute approximate surface area is 95.8 Å². The number of nitrogens with zero attached hydrogens (tertiary/aromatic N) is 1. The zero-order chi connectivity index (χ0) is 12.1. The summed E-state index contributed by atoms with van der Waals surface area (Å²) in [6.07, 6.45) is 0.728. The summed E-state index contributed by atoms with van der Waals surface area (Å²) in [5.74, 6) is 0.138. The Hall–Kier alpha value is -1.10. The lowest BCUT2D eigenvalue weighted by molar-refractivity contribution is -0.135. The van der Waals surface area contributed by atoms with Crippen molar-refractivity contribution >= 4 is 11.8 Å². The van der Waals surface area contributed by atoms with Gasteiger partial charge in [0.05, 0.1) is 6.10 Å². The third-order valence-corrected chi connectivity index (χ3v) is 2.98. The number of aliphatic hydroxyl groups excluding tert-OH is 1. The van der Waals surface area contributed by atoms with Crippen molar-refractivity contribution in [2.45, 2.75) is 32.8 Å². The van der Waals surface area contributed by atoms with E-state index in [-0.39, 0.29) is 17.7 Å². The average molecular weight is 228 g/mol. The number of hydrogen-bond donors (Lipinski definition) is 2. The fourth-order valence-corrected chi connectivity index (χ4v) is 1.78. The second kappa shape index (κ2) is 5.84. The largest absolute Gasteiger partial charge is 0.391 e. The lowest BCUT2D eigenvalue weighted by Gasteiger charge is -2.34. The molecular formula is C11H20N2O3. The van der Waals surface area contributed by atoms with Crippen molar-refractivity contribution < 1.29 is 14.7 Å². The Bertz CT molecular complexity index is 268. The second-order valence-electron chi connectivity index (χ2n) is 4.41. The predicted octanol–water partition coefficient (Wildman–Crippen LogP) is -0.258. The van der Waals surface area contributed by atoms with E-state index in [0.29, 0.717) is 26.1 Å². The van der Waals surface area contributed by atoms with Crippen LogP contribution in [0.1, 0.15) is 26.7 Å². The highest BCUT2D eigenvalue weighted by atomic mass is 16.3. The Morgan fingerprint density at radius 1 is 1.50 bits per heavy atom. The summed E-state index contributed by atoms with van der Waals surface area (Å²) in [7, 11) is 0.